The Bertz CT molecular complexity index is 800. The maximum absolute atomic E-state index is 2.42. The van der Waals surface area contributed by atoms with Crippen molar-refractivity contribution in [1.82, 2.24) is 0 Å². The van der Waals surface area contributed by atoms with Crippen LogP contribution in [0.4, 0.5) is 0 Å². The van der Waals surface area contributed by atoms with Crippen LogP contribution in [0.5, 0.6) is 0 Å². The summed E-state index contributed by atoms with van der Waals surface area (Å²) < 4.78 is 0. The average Bonchev–Trinajstić information content (AvgIpc) is 3.11. The lowest BCUT2D eigenvalue weighted by atomic mass is 9.89. The van der Waals surface area contributed by atoms with Crippen LogP contribution in [-0.4, -0.2) is 0 Å². The van der Waals surface area contributed by atoms with Gasteiger partial charge in [-0.15, -0.1) is 0 Å². The van der Waals surface area contributed by atoms with E-state index in [0.717, 1.165) is 25.7 Å². The van der Waals surface area contributed by atoms with E-state index >= 15 is 0 Å². The third-order valence-electron chi connectivity index (χ3n) is 5.08. The molecule has 0 heteroatoms. The zero-order valence-corrected chi connectivity index (χ0v) is 13.7. The highest BCUT2D eigenvalue weighted by Gasteiger charge is 2.11. The van der Waals surface area contributed by atoms with Gasteiger partial charge in [-0.2, -0.15) is 0 Å². The second kappa shape index (κ2) is 6.04. The van der Waals surface area contributed by atoms with E-state index in [-0.39, 0.29) is 0 Å². The SMILES string of the molecule is CC(=C1C=CC=C1)c1cc2ccc1CCc1ccc(cc1)CC2. The molecule has 0 nitrogen and oxygen atoms in total. The maximum atomic E-state index is 2.42. The summed E-state index contributed by atoms with van der Waals surface area (Å²) in [6, 6.07) is 16.3. The minimum atomic E-state index is 1.10. The number of rotatable bonds is 1. The Morgan fingerprint density at radius 2 is 1.26 bits per heavy atom. The molecule has 2 aromatic carbocycles. The summed E-state index contributed by atoms with van der Waals surface area (Å²) in [5, 5.41) is 0. The molecule has 0 saturated carbocycles. The molecule has 0 aromatic heterocycles. The van der Waals surface area contributed by atoms with Crippen LogP contribution in [0.2, 0.25) is 0 Å². The summed E-state index contributed by atoms with van der Waals surface area (Å²) in [7, 11) is 0. The van der Waals surface area contributed by atoms with Gasteiger partial charge in [0, 0.05) is 0 Å². The van der Waals surface area contributed by atoms with Crippen LogP contribution < -0.4 is 0 Å². The van der Waals surface area contributed by atoms with Gasteiger partial charge in [0.05, 0.1) is 0 Å². The Hall–Kier alpha value is -2.34. The van der Waals surface area contributed by atoms with Crippen molar-refractivity contribution < 1.29 is 0 Å². The van der Waals surface area contributed by atoms with Gasteiger partial charge >= 0.3 is 0 Å². The number of benzene rings is 2. The Morgan fingerprint density at radius 1 is 0.696 bits per heavy atom. The molecule has 2 aromatic rings. The van der Waals surface area contributed by atoms with Crippen molar-refractivity contribution in [3.05, 3.63) is 100 Å². The number of aryl methyl sites for hydroxylation is 4. The first-order chi connectivity index (χ1) is 11.3. The third-order valence-corrected chi connectivity index (χ3v) is 5.08. The summed E-state index contributed by atoms with van der Waals surface area (Å²) >= 11 is 0. The predicted molar refractivity (Wildman–Crippen MR) is 98.6 cm³/mol. The van der Waals surface area contributed by atoms with E-state index in [4.69, 9.17) is 0 Å². The van der Waals surface area contributed by atoms with Crippen molar-refractivity contribution in [2.24, 2.45) is 0 Å². The predicted octanol–water partition coefficient (Wildman–Crippen LogP) is 5.47. The molecule has 0 heterocycles. The van der Waals surface area contributed by atoms with Gasteiger partial charge in [0.25, 0.3) is 0 Å². The van der Waals surface area contributed by atoms with Crippen molar-refractivity contribution >= 4 is 5.57 Å². The minimum absolute atomic E-state index is 1.10. The lowest BCUT2D eigenvalue weighted by Crippen LogP contribution is -2.02. The molecule has 4 bridgehead atoms. The molecule has 0 radical (unpaired) electrons. The second-order valence-electron chi connectivity index (χ2n) is 6.61. The molecule has 0 saturated heterocycles. The van der Waals surface area contributed by atoms with Crippen molar-refractivity contribution in [3.8, 4) is 0 Å². The van der Waals surface area contributed by atoms with E-state index in [1.54, 1.807) is 0 Å². The van der Waals surface area contributed by atoms with E-state index in [2.05, 4.69) is 73.7 Å². The molecule has 0 N–H and O–H groups in total. The van der Waals surface area contributed by atoms with E-state index in [0.29, 0.717) is 0 Å². The van der Waals surface area contributed by atoms with E-state index in [1.807, 2.05) is 0 Å². The van der Waals surface area contributed by atoms with Crippen molar-refractivity contribution in [1.29, 1.82) is 0 Å². The standard InChI is InChI=1S/C23H22/c1-17(21-4-2-3-5-21)23-16-20-11-10-18-6-8-19(9-7-18)12-14-22(23)15-13-20/h2-9,13,15-16H,10-12,14H2,1H3. The van der Waals surface area contributed by atoms with Gasteiger partial charge in [-0.05, 0) is 71.6 Å². The normalized spacial score (nSPS) is 15.8. The first-order valence-corrected chi connectivity index (χ1v) is 8.55. The van der Waals surface area contributed by atoms with Crippen LogP contribution in [0, 0.1) is 0 Å². The van der Waals surface area contributed by atoms with Crippen LogP contribution >= 0.6 is 0 Å². The molecule has 0 spiro atoms. The highest BCUT2D eigenvalue weighted by Crippen LogP contribution is 2.28. The molecule has 114 valence electrons. The molecule has 0 amide bonds. The fourth-order valence-electron chi connectivity index (χ4n) is 3.57. The Morgan fingerprint density at radius 3 is 1.96 bits per heavy atom. The largest absolute Gasteiger partial charge is 0.0616 e. The van der Waals surface area contributed by atoms with Crippen LogP contribution in [0.1, 0.15) is 34.7 Å². The van der Waals surface area contributed by atoms with Gasteiger partial charge in [-0.1, -0.05) is 66.8 Å². The molecule has 23 heavy (non-hydrogen) atoms. The summed E-state index contributed by atoms with van der Waals surface area (Å²) in [4.78, 5) is 0. The first kappa shape index (κ1) is 14.3. The van der Waals surface area contributed by atoms with E-state index in [1.165, 1.54) is 39.0 Å². The van der Waals surface area contributed by atoms with Gasteiger partial charge in [0.1, 0.15) is 0 Å². The molecule has 5 aliphatic rings. The Balaban J connectivity index is 1.78. The van der Waals surface area contributed by atoms with Gasteiger partial charge in [-0.3, -0.25) is 0 Å². The van der Waals surface area contributed by atoms with Gasteiger partial charge in [0.2, 0.25) is 0 Å². The van der Waals surface area contributed by atoms with Crippen LogP contribution in [0.3, 0.4) is 0 Å². The highest BCUT2D eigenvalue weighted by atomic mass is 14.2. The summed E-state index contributed by atoms with van der Waals surface area (Å²) in [5.41, 5.74) is 9.98. The molecule has 0 aliphatic heterocycles. The fourth-order valence-corrected chi connectivity index (χ4v) is 3.57. The Labute approximate surface area is 138 Å². The molecule has 0 unspecified atom stereocenters. The minimum Gasteiger partial charge on any atom is -0.0616 e. The van der Waals surface area contributed by atoms with E-state index in [9.17, 15) is 0 Å². The molecule has 5 aliphatic carbocycles. The lowest BCUT2D eigenvalue weighted by Gasteiger charge is -2.16. The highest BCUT2D eigenvalue weighted by molar-refractivity contribution is 5.75. The topological polar surface area (TPSA) is 0 Å². The smallest absolute Gasteiger partial charge is 0.0186 e. The molecule has 0 atom stereocenters. The molecular formula is C23H22. The summed E-state index contributed by atoms with van der Waals surface area (Å²) in [6.45, 7) is 2.26. The average molecular weight is 298 g/mol. The first-order valence-electron chi connectivity index (χ1n) is 8.55. The van der Waals surface area contributed by atoms with Crippen molar-refractivity contribution in [2.45, 2.75) is 32.6 Å². The third kappa shape index (κ3) is 2.94. The van der Waals surface area contributed by atoms with Gasteiger partial charge in [0.15, 0.2) is 0 Å². The monoisotopic (exact) mass is 298 g/mol. The number of hydrogen-bond donors (Lipinski definition) is 0. The lowest BCUT2D eigenvalue weighted by molar-refractivity contribution is 0.918. The van der Waals surface area contributed by atoms with Crippen molar-refractivity contribution in [2.75, 3.05) is 0 Å². The molecule has 7 rings (SSSR count). The van der Waals surface area contributed by atoms with Crippen LogP contribution in [0.25, 0.3) is 5.57 Å². The summed E-state index contributed by atoms with van der Waals surface area (Å²) in [5.74, 6) is 0. The van der Waals surface area contributed by atoms with Crippen molar-refractivity contribution in [3.63, 3.8) is 0 Å². The Kier molecular flexibility index (Phi) is 3.75. The fraction of sp³-hybridized carbons (Fsp3) is 0.217. The quantitative estimate of drug-likeness (QED) is 0.655. The zero-order valence-electron chi connectivity index (χ0n) is 13.7. The second-order valence-corrected chi connectivity index (χ2v) is 6.61. The molecular weight excluding hydrogens is 276 g/mol. The number of hydrogen-bond acceptors (Lipinski definition) is 0. The molecule has 0 fully saturated rings. The number of allylic oxidation sites excluding steroid dienone is 6. The van der Waals surface area contributed by atoms with Gasteiger partial charge < -0.3 is 0 Å². The zero-order chi connectivity index (χ0) is 15.6. The van der Waals surface area contributed by atoms with E-state index < -0.39 is 0 Å². The van der Waals surface area contributed by atoms with Crippen LogP contribution in [-0.2, 0) is 25.7 Å². The van der Waals surface area contributed by atoms with Crippen LogP contribution in [0.15, 0.2) is 72.3 Å². The van der Waals surface area contributed by atoms with Gasteiger partial charge in [-0.25, -0.2) is 0 Å². The maximum Gasteiger partial charge on any atom is -0.0186 e. The summed E-state index contributed by atoms with van der Waals surface area (Å²) in [6.07, 6.45) is 13.1.